The molecule has 0 aromatic heterocycles. The fourth-order valence-electron chi connectivity index (χ4n) is 1.94. The number of aliphatic hydroxyl groups is 1. The molecule has 17 heavy (non-hydrogen) atoms. The zero-order chi connectivity index (χ0) is 12.5. The minimum absolute atomic E-state index is 0.228. The number of rotatable bonds is 8. The molecule has 0 aromatic carbocycles. The van der Waals surface area contributed by atoms with Gasteiger partial charge in [-0.2, -0.15) is 0 Å². The van der Waals surface area contributed by atoms with Crippen molar-refractivity contribution >= 4 is 17.7 Å². The van der Waals surface area contributed by atoms with Gasteiger partial charge < -0.3 is 9.84 Å². The molecule has 3 nitrogen and oxygen atoms in total. The van der Waals surface area contributed by atoms with Crippen molar-refractivity contribution in [1.82, 2.24) is 0 Å². The Labute approximate surface area is 108 Å². The van der Waals surface area contributed by atoms with Gasteiger partial charge in [0.25, 0.3) is 0 Å². The Hall–Kier alpha value is -0.220. The predicted octanol–water partition coefficient (Wildman–Crippen LogP) is 2.76. The predicted molar refractivity (Wildman–Crippen MR) is 71.2 cm³/mol. The summed E-state index contributed by atoms with van der Waals surface area (Å²) in [4.78, 5) is 11.6. The fourth-order valence-corrected chi connectivity index (χ4v) is 3.13. The number of carbonyl (C=O) groups excluding carboxylic acids is 1. The minimum atomic E-state index is -0.503. The molecular formula is C13H24O3S. The van der Waals surface area contributed by atoms with Gasteiger partial charge in [-0.05, 0) is 18.6 Å². The van der Waals surface area contributed by atoms with Crippen LogP contribution in [0.3, 0.4) is 0 Å². The number of esters is 1. The first-order chi connectivity index (χ1) is 8.25. The minimum Gasteiger partial charge on any atom is -0.465 e. The van der Waals surface area contributed by atoms with Crippen LogP contribution in [0.15, 0.2) is 0 Å². The second-order valence-corrected chi connectivity index (χ2v) is 5.83. The molecule has 1 rings (SSSR count). The Balaban J connectivity index is 1.97. The summed E-state index contributed by atoms with van der Waals surface area (Å²) in [6.07, 6.45) is 7.35. The van der Waals surface area contributed by atoms with Crippen LogP contribution in [0.1, 0.15) is 51.9 Å². The van der Waals surface area contributed by atoms with Crippen LogP contribution in [-0.4, -0.2) is 34.8 Å². The summed E-state index contributed by atoms with van der Waals surface area (Å²) in [5, 5.41) is 9.20. The lowest BCUT2D eigenvalue weighted by molar-refractivity contribution is -0.144. The normalized spacial score (nSPS) is 23.9. The maximum atomic E-state index is 11.6. The Bertz CT molecular complexity index is 221. The van der Waals surface area contributed by atoms with Crippen LogP contribution in [0.25, 0.3) is 0 Å². The number of hydrogen-bond acceptors (Lipinski definition) is 4. The molecule has 1 fully saturated rings. The number of thioether (sulfide) groups is 1. The van der Waals surface area contributed by atoms with Gasteiger partial charge in [-0.3, -0.25) is 4.79 Å². The summed E-state index contributed by atoms with van der Waals surface area (Å²) in [5.74, 6) is 0.631. The summed E-state index contributed by atoms with van der Waals surface area (Å²) in [6, 6.07) is 0. The van der Waals surface area contributed by atoms with Gasteiger partial charge in [0.1, 0.15) is 5.25 Å². The van der Waals surface area contributed by atoms with E-state index in [9.17, 15) is 9.90 Å². The molecule has 4 heteroatoms. The molecule has 1 N–H and O–H groups in total. The van der Waals surface area contributed by atoms with E-state index in [1.54, 1.807) is 0 Å². The second kappa shape index (κ2) is 8.81. The number of unbranched alkanes of at least 4 members (excludes halogenated alkanes) is 5. The highest BCUT2D eigenvalue weighted by Gasteiger charge is 2.33. The molecule has 0 aromatic rings. The Morgan fingerprint density at radius 1 is 1.29 bits per heavy atom. The smallest absolute Gasteiger partial charge is 0.321 e. The maximum absolute atomic E-state index is 11.6. The summed E-state index contributed by atoms with van der Waals surface area (Å²) < 4.78 is 5.18. The molecule has 0 spiro atoms. The maximum Gasteiger partial charge on any atom is 0.321 e. The molecule has 1 aliphatic rings. The Morgan fingerprint density at radius 2 is 2.00 bits per heavy atom. The number of carbonyl (C=O) groups is 1. The molecule has 2 unspecified atom stereocenters. The average molecular weight is 260 g/mol. The summed E-state index contributed by atoms with van der Waals surface area (Å²) in [7, 11) is 0. The summed E-state index contributed by atoms with van der Waals surface area (Å²) >= 11 is 1.51. The zero-order valence-corrected chi connectivity index (χ0v) is 11.5. The molecule has 1 saturated heterocycles. The van der Waals surface area contributed by atoms with Gasteiger partial charge in [0.2, 0.25) is 0 Å². The first kappa shape index (κ1) is 14.8. The van der Waals surface area contributed by atoms with Gasteiger partial charge in [-0.25, -0.2) is 0 Å². The fraction of sp³-hybridized carbons (Fsp3) is 0.923. The number of aliphatic hydroxyl groups excluding tert-OH is 1. The molecule has 0 bridgehead atoms. The summed E-state index contributed by atoms with van der Waals surface area (Å²) in [6.45, 7) is 2.71. The van der Waals surface area contributed by atoms with Gasteiger partial charge in [0.05, 0.1) is 12.7 Å². The van der Waals surface area contributed by atoms with E-state index in [0.29, 0.717) is 13.0 Å². The zero-order valence-electron chi connectivity index (χ0n) is 10.7. The SMILES string of the molecule is CCCCCCCCOC(=O)C1SCCC1O. The quantitative estimate of drug-likeness (QED) is 0.538. The highest BCUT2D eigenvalue weighted by atomic mass is 32.2. The molecule has 100 valence electrons. The third-order valence-electron chi connectivity index (χ3n) is 3.04. The van der Waals surface area contributed by atoms with Crippen molar-refractivity contribution in [3.63, 3.8) is 0 Å². The van der Waals surface area contributed by atoms with E-state index in [4.69, 9.17) is 4.74 Å². The van der Waals surface area contributed by atoms with Gasteiger partial charge in [-0.15, -0.1) is 11.8 Å². The van der Waals surface area contributed by atoms with Gasteiger partial charge in [0.15, 0.2) is 0 Å². The average Bonchev–Trinajstić information content (AvgIpc) is 2.74. The Morgan fingerprint density at radius 3 is 2.65 bits per heavy atom. The Kier molecular flexibility index (Phi) is 7.69. The molecule has 1 heterocycles. The summed E-state index contributed by atoms with van der Waals surface area (Å²) in [5.41, 5.74) is 0. The molecule has 0 saturated carbocycles. The second-order valence-electron chi connectivity index (χ2n) is 4.58. The van der Waals surface area contributed by atoms with E-state index < -0.39 is 6.10 Å². The van der Waals surface area contributed by atoms with Gasteiger partial charge >= 0.3 is 5.97 Å². The molecule has 0 amide bonds. The van der Waals surface area contributed by atoms with Crippen LogP contribution < -0.4 is 0 Å². The van der Waals surface area contributed by atoms with Gasteiger partial charge in [-0.1, -0.05) is 39.0 Å². The highest BCUT2D eigenvalue weighted by Crippen LogP contribution is 2.27. The van der Waals surface area contributed by atoms with Crippen LogP contribution in [0.2, 0.25) is 0 Å². The molecule has 2 atom stereocenters. The van der Waals surface area contributed by atoms with E-state index in [2.05, 4.69) is 6.92 Å². The number of hydrogen-bond donors (Lipinski definition) is 1. The van der Waals surface area contributed by atoms with Crippen LogP contribution in [0.4, 0.5) is 0 Å². The topological polar surface area (TPSA) is 46.5 Å². The lowest BCUT2D eigenvalue weighted by Crippen LogP contribution is -2.28. The first-order valence-electron chi connectivity index (χ1n) is 6.72. The van der Waals surface area contributed by atoms with Crippen molar-refractivity contribution in [3.8, 4) is 0 Å². The van der Waals surface area contributed by atoms with Crippen molar-refractivity contribution in [1.29, 1.82) is 0 Å². The third-order valence-corrected chi connectivity index (χ3v) is 4.37. The molecular weight excluding hydrogens is 236 g/mol. The lowest BCUT2D eigenvalue weighted by Gasteiger charge is -2.12. The first-order valence-corrected chi connectivity index (χ1v) is 7.77. The van der Waals surface area contributed by atoms with Crippen molar-refractivity contribution in [2.45, 2.75) is 63.2 Å². The van der Waals surface area contributed by atoms with E-state index in [1.807, 2.05) is 0 Å². The van der Waals surface area contributed by atoms with Crippen LogP contribution in [-0.2, 0) is 9.53 Å². The van der Waals surface area contributed by atoms with Crippen molar-refractivity contribution < 1.29 is 14.6 Å². The van der Waals surface area contributed by atoms with Crippen LogP contribution in [0.5, 0.6) is 0 Å². The highest BCUT2D eigenvalue weighted by molar-refractivity contribution is 8.00. The van der Waals surface area contributed by atoms with Crippen molar-refractivity contribution in [2.75, 3.05) is 12.4 Å². The van der Waals surface area contributed by atoms with E-state index in [-0.39, 0.29) is 11.2 Å². The van der Waals surface area contributed by atoms with Crippen LogP contribution in [0, 0.1) is 0 Å². The number of ether oxygens (including phenoxy) is 1. The van der Waals surface area contributed by atoms with E-state index in [0.717, 1.165) is 18.6 Å². The van der Waals surface area contributed by atoms with E-state index in [1.165, 1.54) is 37.4 Å². The largest absolute Gasteiger partial charge is 0.465 e. The third kappa shape index (κ3) is 5.77. The van der Waals surface area contributed by atoms with Crippen LogP contribution >= 0.6 is 11.8 Å². The van der Waals surface area contributed by atoms with E-state index >= 15 is 0 Å². The van der Waals surface area contributed by atoms with Gasteiger partial charge in [0, 0.05) is 0 Å². The van der Waals surface area contributed by atoms with Crippen molar-refractivity contribution in [2.24, 2.45) is 0 Å². The van der Waals surface area contributed by atoms with Crippen molar-refractivity contribution in [3.05, 3.63) is 0 Å². The monoisotopic (exact) mass is 260 g/mol. The lowest BCUT2D eigenvalue weighted by atomic mass is 10.1. The molecule has 1 aliphatic heterocycles. The molecule has 0 aliphatic carbocycles. The standard InChI is InChI=1S/C13H24O3S/c1-2-3-4-5-6-7-9-16-13(15)12-11(14)8-10-17-12/h11-12,14H,2-10H2,1H3. The molecule has 0 radical (unpaired) electrons.